The van der Waals surface area contributed by atoms with Gasteiger partial charge in [0.1, 0.15) is 5.52 Å². The minimum Gasteiger partial charge on any atom is -0.382 e. The number of anilines is 1. The van der Waals surface area contributed by atoms with Crippen LogP contribution < -0.4 is 10.6 Å². The summed E-state index contributed by atoms with van der Waals surface area (Å²) in [5.41, 5.74) is 12.0. The summed E-state index contributed by atoms with van der Waals surface area (Å²) in [5.74, 6) is 0.744. The number of aromatic nitrogens is 2. The summed E-state index contributed by atoms with van der Waals surface area (Å²) in [6.07, 6.45) is 3.41. The Balaban J connectivity index is 1.54. The molecule has 32 heavy (non-hydrogen) atoms. The average molecular weight is 453 g/mol. The Bertz CT molecular complexity index is 1360. The summed E-state index contributed by atoms with van der Waals surface area (Å²) in [6, 6.07) is 13.6. The Labute approximate surface area is 185 Å². The molecule has 1 unspecified atom stereocenters. The van der Waals surface area contributed by atoms with E-state index < -0.39 is 7.82 Å². The molecule has 3 N–H and O–H groups in total. The predicted octanol–water partition coefficient (Wildman–Crippen LogP) is 4.82. The summed E-state index contributed by atoms with van der Waals surface area (Å²) in [6.45, 7) is 3.97. The molecule has 0 aliphatic rings. The van der Waals surface area contributed by atoms with Crippen molar-refractivity contribution in [3.05, 3.63) is 70.9 Å². The Morgan fingerprint density at radius 2 is 1.88 bits per heavy atom. The van der Waals surface area contributed by atoms with Gasteiger partial charge in [0, 0.05) is 24.1 Å². The van der Waals surface area contributed by atoms with E-state index in [1.807, 2.05) is 32.2 Å². The second-order valence-electron chi connectivity index (χ2n) is 7.65. The van der Waals surface area contributed by atoms with E-state index >= 15 is 0 Å². The van der Waals surface area contributed by atoms with E-state index in [0.717, 1.165) is 58.5 Å². The first kappa shape index (κ1) is 22.2. The summed E-state index contributed by atoms with van der Waals surface area (Å²) in [7, 11) is -3.14. The van der Waals surface area contributed by atoms with Crippen LogP contribution >= 0.6 is 7.82 Å². The molecule has 2 heterocycles. The van der Waals surface area contributed by atoms with E-state index in [-0.39, 0.29) is 0 Å². The number of hydrogen-bond donors (Lipinski definition) is 2. The van der Waals surface area contributed by atoms with Gasteiger partial charge in [0.25, 0.3) is 0 Å². The Hall–Kier alpha value is -3.03. The standard InChI is InChI=1S/C23H24N3O5P/c1-14-4-9-19-20-12-16(13-25-22(20)23(24)26-21(19)10-14)5-6-17-7-8-18(11-15(17)2)30-31-32(27,28)29-3/h4,7-13H,5-6H2,1-3H3,(H2,24,26)(H,27,28). The number of nitrogen functional groups attached to an aromatic ring is 1. The molecule has 0 radical (unpaired) electrons. The van der Waals surface area contributed by atoms with Crippen molar-refractivity contribution in [3.8, 4) is 5.75 Å². The van der Waals surface area contributed by atoms with E-state index in [4.69, 9.17) is 10.6 Å². The minimum absolute atomic E-state index is 0.315. The van der Waals surface area contributed by atoms with Gasteiger partial charge in [-0.1, -0.05) is 22.9 Å². The third-order valence-corrected chi connectivity index (χ3v) is 6.05. The van der Waals surface area contributed by atoms with Crippen LogP contribution in [0.2, 0.25) is 0 Å². The molecule has 0 saturated heterocycles. The summed E-state index contributed by atoms with van der Waals surface area (Å²) >= 11 is 0. The van der Waals surface area contributed by atoms with Crippen molar-refractivity contribution in [1.29, 1.82) is 0 Å². The topological polar surface area (TPSA) is 117 Å². The van der Waals surface area contributed by atoms with Crippen LogP contribution in [-0.4, -0.2) is 22.0 Å². The third kappa shape index (κ3) is 4.74. The molecule has 8 nitrogen and oxygen atoms in total. The molecule has 4 aromatic rings. The molecule has 0 fully saturated rings. The van der Waals surface area contributed by atoms with Crippen molar-refractivity contribution < 1.29 is 23.5 Å². The van der Waals surface area contributed by atoms with E-state index in [1.165, 1.54) is 0 Å². The largest absolute Gasteiger partial charge is 0.508 e. The highest BCUT2D eigenvalue weighted by atomic mass is 31.2. The van der Waals surface area contributed by atoms with Crippen LogP contribution in [0.4, 0.5) is 5.82 Å². The van der Waals surface area contributed by atoms with Gasteiger partial charge in [-0.3, -0.25) is 9.51 Å². The number of rotatable bonds is 7. The number of fused-ring (bicyclic) bond motifs is 3. The number of nitrogens with zero attached hydrogens (tertiary/aromatic N) is 2. The van der Waals surface area contributed by atoms with Gasteiger partial charge in [-0.15, -0.1) is 0 Å². The fraction of sp³-hybridized carbons (Fsp3) is 0.217. The number of pyridine rings is 2. The van der Waals surface area contributed by atoms with Crippen molar-refractivity contribution in [1.82, 2.24) is 9.97 Å². The zero-order chi connectivity index (χ0) is 22.9. The number of aryl methyl sites for hydroxylation is 4. The fourth-order valence-electron chi connectivity index (χ4n) is 3.60. The lowest BCUT2D eigenvalue weighted by molar-refractivity contribution is -0.125. The van der Waals surface area contributed by atoms with Gasteiger partial charge >= 0.3 is 7.82 Å². The quantitative estimate of drug-likeness (QED) is 0.177. The van der Waals surface area contributed by atoms with E-state index in [0.29, 0.717) is 17.1 Å². The van der Waals surface area contributed by atoms with Gasteiger partial charge < -0.3 is 15.5 Å². The highest BCUT2D eigenvalue weighted by Crippen LogP contribution is 2.42. The monoisotopic (exact) mass is 453 g/mol. The highest BCUT2D eigenvalue weighted by Gasteiger charge is 2.21. The number of benzene rings is 2. The van der Waals surface area contributed by atoms with Crippen LogP contribution in [-0.2, 0) is 26.6 Å². The van der Waals surface area contributed by atoms with Gasteiger partial charge in [-0.25, -0.2) is 9.55 Å². The lowest BCUT2D eigenvalue weighted by Gasteiger charge is -2.11. The van der Waals surface area contributed by atoms with E-state index in [2.05, 4.69) is 37.4 Å². The minimum atomic E-state index is -4.21. The number of nitrogens with two attached hydrogens (primary N) is 1. The van der Waals surface area contributed by atoms with Crippen LogP contribution in [0.15, 0.2) is 48.7 Å². The van der Waals surface area contributed by atoms with Crippen LogP contribution in [0.1, 0.15) is 22.3 Å². The first-order valence-electron chi connectivity index (χ1n) is 10.0. The molecule has 0 amide bonds. The van der Waals surface area contributed by atoms with Crippen LogP contribution in [0.5, 0.6) is 5.75 Å². The van der Waals surface area contributed by atoms with Gasteiger partial charge in [-0.2, -0.15) is 0 Å². The fourth-order valence-corrected chi connectivity index (χ4v) is 3.84. The molecule has 0 saturated carbocycles. The number of phosphoric acid groups is 1. The summed E-state index contributed by atoms with van der Waals surface area (Å²) in [5, 5.41) is 2.03. The van der Waals surface area contributed by atoms with E-state index in [9.17, 15) is 9.46 Å². The Morgan fingerprint density at radius 1 is 1.06 bits per heavy atom. The van der Waals surface area contributed by atoms with Gasteiger partial charge in [0.15, 0.2) is 11.6 Å². The molecule has 0 bridgehead atoms. The van der Waals surface area contributed by atoms with Gasteiger partial charge in [-0.05, 0) is 73.2 Å². The lowest BCUT2D eigenvalue weighted by Crippen LogP contribution is -2.00. The molecule has 2 aromatic heterocycles. The van der Waals surface area contributed by atoms with Gasteiger partial charge in [0.05, 0.1) is 5.52 Å². The zero-order valence-electron chi connectivity index (χ0n) is 18.0. The molecule has 0 spiro atoms. The van der Waals surface area contributed by atoms with Crippen molar-refractivity contribution in [2.24, 2.45) is 0 Å². The first-order chi connectivity index (χ1) is 15.3. The predicted molar refractivity (Wildman–Crippen MR) is 123 cm³/mol. The van der Waals surface area contributed by atoms with Crippen molar-refractivity contribution in [2.75, 3.05) is 12.8 Å². The second-order valence-corrected chi connectivity index (χ2v) is 9.11. The normalized spacial score (nSPS) is 13.4. The maximum atomic E-state index is 11.3. The van der Waals surface area contributed by atoms with Crippen molar-refractivity contribution >= 4 is 35.4 Å². The second kappa shape index (κ2) is 8.84. The highest BCUT2D eigenvalue weighted by molar-refractivity contribution is 7.47. The molecule has 0 aliphatic carbocycles. The number of hydrogen-bond acceptors (Lipinski definition) is 7. The smallest absolute Gasteiger partial charge is 0.382 e. The maximum Gasteiger partial charge on any atom is 0.508 e. The van der Waals surface area contributed by atoms with Gasteiger partial charge in [0.2, 0.25) is 0 Å². The zero-order valence-corrected chi connectivity index (χ0v) is 18.9. The van der Waals surface area contributed by atoms with Crippen LogP contribution in [0.25, 0.3) is 21.8 Å². The molecular weight excluding hydrogens is 429 g/mol. The molecule has 4 rings (SSSR count). The molecule has 1 atom stereocenters. The first-order valence-corrected chi connectivity index (χ1v) is 11.5. The summed E-state index contributed by atoms with van der Waals surface area (Å²) in [4.78, 5) is 23.2. The third-order valence-electron chi connectivity index (χ3n) is 5.33. The molecule has 166 valence electrons. The molecule has 9 heteroatoms. The average Bonchev–Trinajstić information content (AvgIpc) is 2.77. The number of phosphoric ester groups is 1. The van der Waals surface area contributed by atoms with Crippen molar-refractivity contribution in [2.45, 2.75) is 26.7 Å². The SMILES string of the molecule is COP(=O)(O)OOc1ccc(CCc2cnc3c(N)nc4cc(C)ccc4c3c2)c(C)c1. The Kier molecular flexibility index (Phi) is 6.13. The lowest BCUT2D eigenvalue weighted by atomic mass is 9.99. The molecule has 0 aliphatic heterocycles. The van der Waals surface area contributed by atoms with Crippen LogP contribution in [0.3, 0.4) is 0 Å². The maximum absolute atomic E-state index is 11.3. The molecular formula is C23H24N3O5P. The van der Waals surface area contributed by atoms with Crippen molar-refractivity contribution in [3.63, 3.8) is 0 Å². The van der Waals surface area contributed by atoms with E-state index in [1.54, 1.807) is 12.1 Å². The summed E-state index contributed by atoms with van der Waals surface area (Å²) < 4.78 is 20.1. The Morgan fingerprint density at radius 3 is 2.62 bits per heavy atom. The molecule has 2 aromatic carbocycles. The van der Waals surface area contributed by atoms with Crippen LogP contribution in [0, 0.1) is 13.8 Å².